The molecule has 3 heterocycles. The van der Waals surface area contributed by atoms with Crippen molar-refractivity contribution in [3.63, 3.8) is 0 Å². The predicted molar refractivity (Wildman–Crippen MR) is 99.4 cm³/mol. The van der Waals surface area contributed by atoms with E-state index in [1.165, 1.54) is 24.8 Å². The van der Waals surface area contributed by atoms with E-state index in [4.69, 9.17) is 0 Å². The van der Waals surface area contributed by atoms with Crippen LogP contribution in [0.25, 0.3) is 0 Å². The third kappa shape index (κ3) is 3.52. The summed E-state index contributed by atoms with van der Waals surface area (Å²) in [6.45, 7) is 3.04. The summed E-state index contributed by atoms with van der Waals surface area (Å²) in [5.41, 5.74) is 3.14. The van der Waals surface area contributed by atoms with Crippen LogP contribution in [-0.4, -0.2) is 27.8 Å². The van der Waals surface area contributed by atoms with Gasteiger partial charge in [-0.25, -0.2) is 0 Å². The highest BCUT2D eigenvalue weighted by Gasteiger charge is 2.40. The lowest BCUT2D eigenvalue weighted by Gasteiger charge is -2.48. The molecule has 2 saturated heterocycles. The first kappa shape index (κ1) is 16.5. The van der Waals surface area contributed by atoms with Crippen LogP contribution in [0.3, 0.4) is 0 Å². The molecule has 0 spiro atoms. The molecule has 2 aliphatic rings. The van der Waals surface area contributed by atoms with E-state index in [1.807, 2.05) is 19.1 Å². The Bertz CT molecular complexity index is 729. The van der Waals surface area contributed by atoms with Crippen LogP contribution in [-0.2, 0) is 6.54 Å². The number of carbonyl (C=O) groups excluding carboxylic acids is 1. The van der Waals surface area contributed by atoms with E-state index in [1.54, 1.807) is 6.20 Å². The van der Waals surface area contributed by atoms with Gasteiger partial charge in [0.05, 0.1) is 0 Å². The molecule has 3 heteroatoms. The third-order valence-corrected chi connectivity index (χ3v) is 5.87. The zero-order chi connectivity index (χ0) is 17.2. The van der Waals surface area contributed by atoms with Gasteiger partial charge in [0.1, 0.15) is 5.69 Å². The summed E-state index contributed by atoms with van der Waals surface area (Å²) in [6, 6.07) is 15.7. The van der Waals surface area contributed by atoms with Crippen molar-refractivity contribution >= 4 is 5.78 Å². The molecule has 4 rings (SSSR count). The van der Waals surface area contributed by atoms with E-state index in [2.05, 4.69) is 40.2 Å². The SMILES string of the molecule is Cc1ccnc(C(=O)C2CC3CCCC(C2)N3Cc2ccccc2)c1. The molecule has 130 valence electrons. The number of rotatable bonds is 4. The first-order valence-corrected chi connectivity index (χ1v) is 9.47. The molecule has 0 aliphatic carbocycles. The van der Waals surface area contributed by atoms with Gasteiger partial charge in [-0.2, -0.15) is 0 Å². The highest BCUT2D eigenvalue weighted by Crippen LogP contribution is 2.39. The number of aryl methyl sites for hydroxylation is 1. The summed E-state index contributed by atoms with van der Waals surface area (Å²) in [6.07, 6.45) is 7.45. The Labute approximate surface area is 150 Å². The van der Waals surface area contributed by atoms with Crippen LogP contribution in [0.15, 0.2) is 48.7 Å². The van der Waals surface area contributed by atoms with Gasteiger partial charge >= 0.3 is 0 Å². The molecule has 0 amide bonds. The molecule has 0 N–H and O–H groups in total. The number of hydrogen-bond acceptors (Lipinski definition) is 3. The maximum atomic E-state index is 13.0. The summed E-state index contributed by atoms with van der Waals surface area (Å²) in [7, 11) is 0. The molecule has 1 aromatic carbocycles. The monoisotopic (exact) mass is 334 g/mol. The number of aromatic nitrogens is 1. The smallest absolute Gasteiger partial charge is 0.184 e. The van der Waals surface area contributed by atoms with Gasteiger partial charge < -0.3 is 0 Å². The van der Waals surface area contributed by atoms with E-state index in [-0.39, 0.29) is 11.7 Å². The van der Waals surface area contributed by atoms with Gasteiger partial charge in [0.15, 0.2) is 5.78 Å². The Morgan fingerprint density at radius 1 is 1.12 bits per heavy atom. The van der Waals surface area contributed by atoms with Gasteiger partial charge in [0.25, 0.3) is 0 Å². The Morgan fingerprint density at radius 2 is 1.84 bits per heavy atom. The quantitative estimate of drug-likeness (QED) is 0.777. The summed E-state index contributed by atoms with van der Waals surface area (Å²) in [5, 5.41) is 0. The second kappa shape index (κ2) is 7.09. The van der Waals surface area contributed by atoms with Crippen molar-refractivity contribution in [1.82, 2.24) is 9.88 Å². The van der Waals surface area contributed by atoms with E-state index in [0.717, 1.165) is 24.9 Å². The molecule has 2 fully saturated rings. The number of Topliss-reactive ketones (excluding diaryl/α,β-unsaturated/α-hetero) is 1. The molecule has 25 heavy (non-hydrogen) atoms. The predicted octanol–water partition coefficient (Wildman–Crippen LogP) is 4.41. The van der Waals surface area contributed by atoms with Gasteiger partial charge in [-0.05, 0) is 55.9 Å². The number of piperidine rings is 2. The van der Waals surface area contributed by atoms with Crippen molar-refractivity contribution < 1.29 is 4.79 Å². The van der Waals surface area contributed by atoms with Crippen molar-refractivity contribution in [3.05, 3.63) is 65.5 Å². The Kier molecular flexibility index (Phi) is 4.67. The van der Waals surface area contributed by atoms with E-state index >= 15 is 0 Å². The number of ketones is 1. The largest absolute Gasteiger partial charge is 0.293 e. The molecule has 3 nitrogen and oxygen atoms in total. The van der Waals surface area contributed by atoms with E-state index in [0.29, 0.717) is 17.8 Å². The first-order valence-electron chi connectivity index (χ1n) is 9.47. The average molecular weight is 334 g/mol. The minimum Gasteiger partial charge on any atom is -0.293 e. The van der Waals surface area contributed by atoms with Crippen molar-refractivity contribution in [1.29, 1.82) is 0 Å². The summed E-state index contributed by atoms with van der Waals surface area (Å²) in [5.74, 6) is 0.386. The molecule has 1 aromatic heterocycles. The lowest BCUT2D eigenvalue weighted by Crippen LogP contribution is -2.52. The zero-order valence-electron chi connectivity index (χ0n) is 14.9. The van der Waals surface area contributed by atoms with Crippen LogP contribution < -0.4 is 0 Å². The highest BCUT2D eigenvalue weighted by atomic mass is 16.1. The fourth-order valence-electron chi connectivity index (χ4n) is 4.63. The molecular formula is C22H26N2O. The van der Waals surface area contributed by atoms with Crippen LogP contribution in [0.5, 0.6) is 0 Å². The topological polar surface area (TPSA) is 33.2 Å². The molecule has 2 aromatic rings. The van der Waals surface area contributed by atoms with E-state index < -0.39 is 0 Å². The summed E-state index contributed by atoms with van der Waals surface area (Å²) >= 11 is 0. The summed E-state index contributed by atoms with van der Waals surface area (Å²) < 4.78 is 0. The van der Waals surface area contributed by atoms with Gasteiger partial charge in [0, 0.05) is 30.7 Å². The molecular weight excluding hydrogens is 308 g/mol. The van der Waals surface area contributed by atoms with Crippen molar-refractivity contribution in [2.24, 2.45) is 5.92 Å². The van der Waals surface area contributed by atoms with Gasteiger partial charge in [0.2, 0.25) is 0 Å². The summed E-state index contributed by atoms with van der Waals surface area (Å²) in [4.78, 5) is 20.0. The number of fused-ring (bicyclic) bond motifs is 2. The first-order chi connectivity index (χ1) is 12.2. The van der Waals surface area contributed by atoms with Crippen molar-refractivity contribution in [2.45, 2.75) is 57.7 Å². The Balaban J connectivity index is 1.50. The van der Waals surface area contributed by atoms with Crippen LogP contribution in [0.2, 0.25) is 0 Å². The molecule has 2 bridgehead atoms. The number of carbonyl (C=O) groups is 1. The minimum atomic E-state index is 0.136. The maximum absolute atomic E-state index is 13.0. The Morgan fingerprint density at radius 3 is 2.52 bits per heavy atom. The standard InChI is InChI=1S/C22H26N2O/c1-16-10-11-23-21(12-16)22(25)18-13-19-8-5-9-20(14-18)24(19)15-17-6-3-2-4-7-17/h2-4,6-7,10-12,18-20H,5,8-9,13-15H2,1H3. The van der Waals surface area contributed by atoms with Crippen molar-refractivity contribution in [2.75, 3.05) is 0 Å². The molecule has 0 saturated carbocycles. The zero-order valence-corrected chi connectivity index (χ0v) is 14.9. The second-order valence-corrected chi connectivity index (χ2v) is 7.65. The molecule has 2 unspecified atom stereocenters. The number of benzene rings is 1. The third-order valence-electron chi connectivity index (χ3n) is 5.87. The molecule has 0 radical (unpaired) electrons. The maximum Gasteiger partial charge on any atom is 0.184 e. The van der Waals surface area contributed by atoms with Crippen molar-refractivity contribution in [3.8, 4) is 0 Å². The fraction of sp³-hybridized carbons (Fsp3) is 0.455. The second-order valence-electron chi connectivity index (χ2n) is 7.65. The van der Waals surface area contributed by atoms with Crippen LogP contribution in [0.1, 0.15) is 53.7 Å². The molecule has 2 aliphatic heterocycles. The normalized spacial score (nSPS) is 26.4. The highest BCUT2D eigenvalue weighted by molar-refractivity contribution is 5.96. The lowest BCUT2D eigenvalue weighted by atomic mass is 9.76. The number of hydrogen-bond donors (Lipinski definition) is 0. The van der Waals surface area contributed by atoms with Gasteiger partial charge in [-0.3, -0.25) is 14.7 Å². The van der Waals surface area contributed by atoms with Crippen LogP contribution in [0.4, 0.5) is 0 Å². The van der Waals surface area contributed by atoms with Crippen LogP contribution in [0, 0.1) is 12.8 Å². The molecule has 2 atom stereocenters. The van der Waals surface area contributed by atoms with Crippen LogP contribution >= 0.6 is 0 Å². The number of nitrogens with zero attached hydrogens (tertiary/aromatic N) is 2. The fourth-order valence-corrected chi connectivity index (χ4v) is 4.63. The lowest BCUT2D eigenvalue weighted by molar-refractivity contribution is 0.00891. The van der Waals surface area contributed by atoms with Gasteiger partial charge in [-0.15, -0.1) is 0 Å². The average Bonchev–Trinajstić information content (AvgIpc) is 2.62. The van der Waals surface area contributed by atoms with E-state index in [9.17, 15) is 4.79 Å². The Hall–Kier alpha value is -2.00. The number of pyridine rings is 1. The minimum absolute atomic E-state index is 0.136. The van der Waals surface area contributed by atoms with Gasteiger partial charge in [-0.1, -0.05) is 36.8 Å².